The Morgan fingerprint density at radius 1 is 1.19 bits per heavy atom. The minimum Gasteiger partial charge on any atom is -0.461 e. The van der Waals surface area contributed by atoms with Crippen LogP contribution < -0.4 is 10.1 Å². The molecule has 0 aliphatic carbocycles. The van der Waals surface area contributed by atoms with Gasteiger partial charge >= 0.3 is 6.01 Å². The molecule has 21 heavy (non-hydrogen) atoms. The molecule has 1 aromatic carbocycles. The molecule has 1 aromatic heterocycles. The van der Waals surface area contributed by atoms with Gasteiger partial charge in [-0.25, -0.2) is 8.78 Å². The van der Waals surface area contributed by atoms with Gasteiger partial charge in [-0.3, -0.25) is 0 Å². The van der Waals surface area contributed by atoms with Crippen LogP contribution in [-0.2, 0) is 0 Å². The van der Waals surface area contributed by atoms with Crippen LogP contribution in [0, 0.1) is 11.6 Å². The number of aromatic nitrogens is 3. The Morgan fingerprint density at radius 3 is 2.38 bits per heavy atom. The Hall–Kier alpha value is -1.54. The highest BCUT2D eigenvalue weighted by atomic mass is 79.9. The van der Waals surface area contributed by atoms with E-state index in [9.17, 15) is 8.78 Å². The summed E-state index contributed by atoms with van der Waals surface area (Å²) >= 11 is 8.72. The molecule has 0 aliphatic heterocycles. The van der Waals surface area contributed by atoms with Crippen LogP contribution in [0.1, 0.15) is 13.8 Å². The van der Waals surface area contributed by atoms with Crippen molar-refractivity contribution in [2.75, 3.05) is 5.32 Å². The lowest BCUT2D eigenvalue weighted by Gasteiger charge is -2.11. The molecule has 0 spiro atoms. The molecule has 1 heterocycles. The predicted molar refractivity (Wildman–Crippen MR) is 77.9 cm³/mol. The first kappa shape index (κ1) is 15.8. The summed E-state index contributed by atoms with van der Waals surface area (Å²) in [6.07, 6.45) is -0.183. The number of nitrogens with one attached hydrogen (secondary N) is 1. The molecular weight excluding hydrogens is 370 g/mol. The number of rotatable bonds is 4. The second-order valence-corrected chi connectivity index (χ2v) is 5.50. The minimum absolute atomic E-state index is 0.0366. The molecule has 2 aromatic rings. The van der Waals surface area contributed by atoms with E-state index in [1.807, 2.05) is 0 Å². The largest absolute Gasteiger partial charge is 0.461 e. The maximum absolute atomic E-state index is 13.7. The van der Waals surface area contributed by atoms with Gasteiger partial charge in [-0.15, -0.1) is 0 Å². The molecule has 112 valence electrons. The highest BCUT2D eigenvalue weighted by molar-refractivity contribution is 9.10. The van der Waals surface area contributed by atoms with Crippen molar-refractivity contribution in [3.05, 3.63) is 33.5 Å². The van der Waals surface area contributed by atoms with Crippen LogP contribution in [0.4, 0.5) is 20.4 Å². The zero-order valence-electron chi connectivity index (χ0n) is 11.0. The summed E-state index contributed by atoms with van der Waals surface area (Å²) in [4.78, 5) is 11.4. The standard InChI is InChI=1S/C12H10BrClF2N4O/c1-5(2)21-12-19-10(14)18-11(20-12)17-9-7(15)3-6(13)4-8(9)16/h3-5H,1-2H3,(H,17,18,19,20). The molecule has 0 amide bonds. The van der Waals surface area contributed by atoms with Crippen LogP contribution >= 0.6 is 27.5 Å². The number of benzene rings is 1. The summed E-state index contributed by atoms with van der Waals surface area (Å²) in [5.74, 6) is -1.72. The molecule has 5 nitrogen and oxygen atoms in total. The Kier molecular flexibility index (Phi) is 4.89. The van der Waals surface area contributed by atoms with Crippen LogP contribution in [0.3, 0.4) is 0 Å². The third kappa shape index (κ3) is 4.21. The summed E-state index contributed by atoms with van der Waals surface area (Å²) in [5, 5.41) is 2.27. The second-order valence-electron chi connectivity index (χ2n) is 4.25. The van der Waals surface area contributed by atoms with Gasteiger partial charge in [-0.05, 0) is 37.6 Å². The van der Waals surface area contributed by atoms with Gasteiger partial charge in [-0.1, -0.05) is 15.9 Å². The van der Waals surface area contributed by atoms with Crippen LogP contribution in [0.2, 0.25) is 5.28 Å². The SMILES string of the molecule is CC(C)Oc1nc(Cl)nc(Nc2c(F)cc(Br)cc2F)n1. The molecule has 2 rings (SSSR count). The van der Waals surface area contributed by atoms with Crippen molar-refractivity contribution < 1.29 is 13.5 Å². The van der Waals surface area contributed by atoms with Crippen LogP contribution in [-0.4, -0.2) is 21.1 Å². The summed E-state index contributed by atoms with van der Waals surface area (Å²) in [6, 6.07) is 2.19. The fraction of sp³-hybridized carbons (Fsp3) is 0.250. The van der Waals surface area contributed by atoms with Gasteiger partial charge in [0.15, 0.2) is 11.6 Å². The molecule has 0 atom stereocenters. The summed E-state index contributed by atoms with van der Waals surface area (Å²) in [6.45, 7) is 3.55. The maximum Gasteiger partial charge on any atom is 0.322 e. The number of ether oxygens (including phenoxy) is 1. The monoisotopic (exact) mass is 378 g/mol. The Bertz CT molecular complexity index is 649. The van der Waals surface area contributed by atoms with E-state index in [-0.39, 0.29) is 27.8 Å². The quantitative estimate of drug-likeness (QED) is 0.867. The lowest BCUT2D eigenvalue weighted by atomic mass is 10.3. The van der Waals surface area contributed by atoms with Crippen molar-refractivity contribution >= 4 is 39.2 Å². The Balaban J connectivity index is 2.33. The molecule has 1 N–H and O–H groups in total. The first-order valence-electron chi connectivity index (χ1n) is 5.85. The fourth-order valence-electron chi connectivity index (χ4n) is 1.42. The highest BCUT2D eigenvalue weighted by Crippen LogP contribution is 2.26. The van der Waals surface area contributed by atoms with Gasteiger partial charge in [0.25, 0.3) is 0 Å². The molecule has 9 heteroatoms. The summed E-state index contributed by atoms with van der Waals surface area (Å²) in [5.41, 5.74) is -0.393. The molecule has 0 saturated heterocycles. The third-order valence-corrected chi connectivity index (χ3v) is 2.80. The highest BCUT2D eigenvalue weighted by Gasteiger charge is 2.14. The Morgan fingerprint density at radius 2 is 1.81 bits per heavy atom. The van der Waals surface area contributed by atoms with E-state index in [1.54, 1.807) is 13.8 Å². The van der Waals surface area contributed by atoms with Crippen molar-refractivity contribution in [1.82, 2.24) is 15.0 Å². The van der Waals surface area contributed by atoms with E-state index in [2.05, 4.69) is 36.2 Å². The van der Waals surface area contributed by atoms with Gasteiger partial charge in [0.2, 0.25) is 11.2 Å². The first-order valence-corrected chi connectivity index (χ1v) is 7.02. The maximum atomic E-state index is 13.7. The average molecular weight is 380 g/mol. The first-order chi connectivity index (χ1) is 9.85. The predicted octanol–water partition coefficient (Wildman–Crippen LogP) is 4.10. The molecule has 0 unspecified atom stereocenters. The van der Waals surface area contributed by atoms with Gasteiger partial charge in [0.1, 0.15) is 5.69 Å². The normalized spacial score (nSPS) is 10.8. The third-order valence-electron chi connectivity index (χ3n) is 2.17. The van der Waals surface area contributed by atoms with Crippen molar-refractivity contribution in [3.63, 3.8) is 0 Å². The smallest absolute Gasteiger partial charge is 0.322 e. The van der Waals surface area contributed by atoms with E-state index >= 15 is 0 Å². The second kappa shape index (κ2) is 6.48. The molecule has 0 radical (unpaired) electrons. The number of hydrogen-bond donors (Lipinski definition) is 1. The lowest BCUT2D eigenvalue weighted by molar-refractivity contribution is 0.222. The van der Waals surface area contributed by atoms with E-state index in [4.69, 9.17) is 16.3 Å². The molecule has 0 fully saturated rings. The number of hydrogen-bond acceptors (Lipinski definition) is 5. The van der Waals surface area contributed by atoms with Crippen molar-refractivity contribution in [3.8, 4) is 6.01 Å². The van der Waals surface area contributed by atoms with Crippen LogP contribution in [0.5, 0.6) is 6.01 Å². The van der Waals surface area contributed by atoms with Gasteiger partial charge < -0.3 is 10.1 Å². The lowest BCUT2D eigenvalue weighted by Crippen LogP contribution is -2.11. The number of nitrogens with zero attached hydrogens (tertiary/aromatic N) is 3. The summed E-state index contributed by atoms with van der Waals surface area (Å²) in [7, 11) is 0. The van der Waals surface area contributed by atoms with Crippen molar-refractivity contribution in [1.29, 1.82) is 0 Å². The van der Waals surface area contributed by atoms with Crippen molar-refractivity contribution in [2.45, 2.75) is 20.0 Å². The van der Waals surface area contributed by atoms with E-state index in [1.165, 1.54) is 0 Å². The molecule has 0 bridgehead atoms. The zero-order chi connectivity index (χ0) is 15.6. The molecule has 0 aliphatic rings. The average Bonchev–Trinajstić information content (AvgIpc) is 2.32. The minimum atomic E-state index is -0.801. The van der Waals surface area contributed by atoms with Crippen LogP contribution in [0.15, 0.2) is 16.6 Å². The van der Waals surface area contributed by atoms with E-state index < -0.39 is 17.3 Å². The van der Waals surface area contributed by atoms with Crippen LogP contribution in [0.25, 0.3) is 0 Å². The van der Waals surface area contributed by atoms with Gasteiger partial charge in [-0.2, -0.15) is 15.0 Å². The van der Waals surface area contributed by atoms with E-state index in [0.717, 1.165) is 12.1 Å². The number of halogens is 4. The van der Waals surface area contributed by atoms with Gasteiger partial charge in [0, 0.05) is 4.47 Å². The van der Waals surface area contributed by atoms with Crippen molar-refractivity contribution in [2.24, 2.45) is 0 Å². The fourth-order valence-corrected chi connectivity index (χ4v) is 1.98. The van der Waals surface area contributed by atoms with E-state index in [0.29, 0.717) is 0 Å². The topological polar surface area (TPSA) is 59.9 Å². The molecular formula is C12H10BrClF2N4O. The summed E-state index contributed by atoms with van der Waals surface area (Å²) < 4.78 is 33.0. The zero-order valence-corrected chi connectivity index (χ0v) is 13.3. The molecule has 0 saturated carbocycles. The Labute approximate surface area is 132 Å². The van der Waals surface area contributed by atoms with Gasteiger partial charge in [0.05, 0.1) is 6.10 Å². The number of anilines is 2.